The lowest BCUT2D eigenvalue weighted by Crippen LogP contribution is -2.25. The van der Waals surface area contributed by atoms with Gasteiger partial charge in [-0.15, -0.1) is 0 Å². The van der Waals surface area contributed by atoms with Crippen molar-refractivity contribution in [3.05, 3.63) is 46.5 Å². The lowest BCUT2D eigenvalue weighted by atomic mass is 10.0. The van der Waals surface area contributed by atoms with Crippen LogP contribution in [0.3, 0.4) is 0 Å². The molecule has 0 atom stereocenters. The summed E-state index contributed by atoms with van der Waals surface area (Å²) in [4.78, 5) is 25.5. The largest absolute Gasteiger partial charge is 0.370 e. The number of aliphatic imine (C=N–C) groups is 1. The standard InChI is InChI=1S/C14H21N3O5S2.C13H17ClO5S2/c1-5-9-6-12(24(21,22)8(2)3)11(23(4,19)20)7-10(9)13(18)17-14(15)16;1-5-9-6-12(21(18,19)8(2)3)11(20(4,16)17)7-10(9)13(14)15/h6-8H,5H2,1-4H3,(H4,15,16,17,18);6-8H,5H2,1-4H3. The third kappa shape index (κ3) is 9.57. The number of hydrogen-bond donors (Lipinski definition) is 2. The van der Waals surface area contributed by atoms with Gasteiger partial charge in [0.15, 0.2) is 45.3 Å². The van der Waals surface area contributed by atoms with Crippen molar-refractivity contribution in [1.29, 1.82) is 0 Å². The highest BCUT2D eigenvalue weighted by Gasteiger charge is 2.31. The molecule has 0 fully saturated rings. The van der Waals surface area contributed by atoms with E-state index < -0.39 is 76.7 Å². The van der Waals surface area contributed by atoms with Gasteiger partial charge in [-0.05, 0) is 87.5 Å². The van der Waals surface area contributed by atoms with Crippen molar-refractivity contribution in [2.45, 2.75) is 84.5 Å². The van der Waals surface area contributed by atoms with Crippen molar-refractivity contribution in [3.8, 4) is 0 Å². The molecule has 18 heteroatoms. The lowest BCUT2D eigenvalue weighted by Gasteiger charge is -2.15. The molecule has 0 saturated carbocycles. The van der Waals surface area contributed by atoms with Crippen LogP contribution in [0.1, 0.15) is 73.4 Å². The van der Waals surface area contributed by atoms with E-state index in [0.29, 0.717) is 24.0 Å². The highest BCUT2D eigenvalue weighted by Crippen LogP contribution is 2.30. The molecule has 0 aliphatic carbocycles. The Labute approximate surface area is 270 Å². The van der Waals surface area contributed by atoms with Crippen molar-refractivity contribution < 1.29 is 43.3 Å². The van der Waals surface area contributed by atoms with E-state index in [1.54, 1.807) is 13.8 Å². The number of carbonyl (C=O) groups is 2. The molecule has 13 nitrogen and oxygen atoms in total. The fourth-order valence-corrected chi connectivity index (χ4v) is 9.48. The van der Waals surface area contributed by atoms with Crippen LogP contribution in [0.5, 0.6) is 0 Å². The summed E-state index contributed by atoms with van der Waals surface area (Å²) in [5.41, 5.74) is 11.1. The molecule has 0 aromatic heterocycles. The maximum absolute atomic E-state index is 12.5. The van der Waals surface area contributed by atoms with E-state index in [-0.39, 0.29) is 20.9 Å². The number of hydrogen-bond acceptors (Lipinski definition) is 10. The summed E-state index contributed by atoms with van der Waals surface area (Å²) in [6.45, 7) is 9.26. The Bertz CT molecular complexity index is 1960. The van der Waals surface area contributed by atoms with Gasteiger partial charge in [-0.3, -0.25) is 9.59 Å². The Morgan fingerprint density at radius 1 is 0.667 bits per heavy atom. The van der Waals surface area contributed by atoms with Crippen LogP contribution in [0.4, 0.5) is 0 Å². The minimum atomic E-state index is -3.90. The number of carbonyl (C=O) groups excluding carboxylic acids is 2. The average Bonchev–Trinajstić information content (AvgIpc) is 2.89. The molecule has 0 unspecified atom stereocenters. The van der Waals surface area contributed by atoms with Gasteiger partial charge in [0.05, 0.1) is 30.1 Å². The van der Waals surface area contributed by atoms with E-state index in [1.165, 1.54) is 39.8 Å². The topological polar surface area (TPSA) is 235 Å². The lowest BCUT2D eigenvalue weighted by molar-refractivity contribution is 0.100. The maximum atomic E-state index is 12.5. The summed E-state index contributed by atoms with van der Waals surface area (Å²) in [6, 6.07) is 4.53. The van der Waals surface area contributed by atoms with Crippen molar-refractivity contribution >= 4 is 68.1 Å². The second-order valence-electron chi connectivity index (χ2n) is 10.5. The molecular formula is C27H38ClN3O10S4. The molecule has 0 saturated heterocycles. The second kappa shape index (κ2) is 14.7. The van der Waals surface area contributed by atoms with Crippen LogP contribution in [-0.2, 0) is 52.2 Å². The number of sulfone groups is 4. The zero-order valence-electron chi connectivity index (χ0n) is 26.1. The molecule has 1 amide bonds. The Kier molecular flexibility index (Phi) is 13.1. The molecule has 0 aliphatic heterocycles. The number of guanidine groups is 1. The normalized spacial score (nSPS) is 12.4. The molecule has 2 rings (SSSR count). The average molecular weight is 728 g/mol. The smallest absolute Gasteiger partial charge is 0.280 e. The molecule has 0 radical (unpaired) electrons. The van der Waals surface area contributed by atoms with Crippen LogP contribution in [0.2, 0.25) is 0 Å². The summed E-state index contributed by atoms with van der Waals surface area (Å²) in [7, 11) is -15.4. The quantitative estimate of drug-likeness (QED) is 0.204. The molecule has 0 aliphatic rings. The van der Waals surface area contributed by atoms with Gasteiger partial charge in [0, 0.05) is 23.6 Å². The Hall–Kier alpha value is -2.86. The van der Waals surface area contributed by atoms with E-state index in [9.17, 15) is 43.3 Å². The molecule has 2 aromatic rings. The third-order valence-corrected chi connectivity index (χ3v) is 13.5. The van der Waals surface area contributed by atoms with E-state index in [1.807, 2.05) is 0 Å². The molecule has 4 N–H and O–H groups in total. The van der Waals surface area contributed by atoms with Gasteiger partial charge in [-0.2, -0.15) is 4.99 Å². The van der Waals surface area contributed by atoms with Crippen LogP contribution in [-0.4, -0.2) is 73.8 Å². The number of halogens is 1. The maximum Gasteiger partial charge on any atom is 0.280 e. The zero-order valence-corrected chi connectivity index (χ0v) is 30.1. The first kappa shape index (κ1) is 40.2. The van der Waals surface area contributed by atoms with Gasteiger partial charge in [-0.25, -0.2) is 33.7 Å². The Balaban J connectivity index is 0.000000454. The number of amides is 1. The molecule has 0 bridgehead atoms. The molecule has 2 aromatic carbocycles. The van der Waals surface area contributed by atoms with Crippen molar-refractivity contribution in [3.63, 3.8) is 0 Å². The summed E-state index contributed by atoms with van der Waals surface area (Å²) in [5.74, 6) is -1.30. The van der Waals surface area contributed by atoms with E-state index in [2.05, 4.69) is 4.99 Å². The van der Waals surface area contributed by atoms with Gasteiger partial charge >= 0.3 is 0 Å². The van der Waals surface area contributed by atoms with Crippen molar-refractivity contribution in [2.24, 2.45) is 16.5 Å². The zero-order chi connectivity index (χ0) is 35.5. The van der Waals surface area contributed by atoms with Crippen LogP contribution in [0, 0.1) is 0 Å². The van der Waals surface area contributed by atoms with E-state index >= 15 is 0 Å². The minimum Gasteiger partial charge on any atom is -0.370 e. The van der Waals surface area contributed by atoms with Crippen LogP contribution in [0.15, 0.2) is 48.8 Å². The summed E-state index contributed by atoms with van der Waals surface area (Å²) in [5, 5.41) is -2.41. The minimum absolute atomic E-state index is 0.0160. The predicted molar refractivity (Wildman–Crippen MR) is 173 cm³/mol. The first-order valence-corrected chi connectivity index (χ1v) is 20.6. The van der Waals surface area contributed by atoms with E-state index in [4.69, 9.17) is 23.1 Å². The van der Waals surface area contributed by atoms with Gasteiger partial charge in [0.25, 0.3) is 11.1 Å². The first-order chi connectivity index (χ1) is 20.2. The van der Waals surface area contributed by atoms with Crippen LogP contribution in [0.25, 0.3) is 0 Å². The third-order valence-electron chi connectivity index (χ3n) is 6.43. The molecule has 45 heavy (non-hydrogen) atoms. The summed E-state index contributed by atoms with van der Waals surface area (Å²) >= 11 is 5.46. The van der Waals surface area contributed by atoms with Crippen LogP contribution < -0.4 is 11.5 Å². The number of nitrogens with zero attached hydrogens (tertiary/aromatic N) is 1. The number of benzene rings is 2. The monoisotopic (exact) mass is 727 g/mol. The Morgan fingerprint density at radius 3 is 1.27 bits per heavy atom. The van der Waals surface area contributed by atoms with Crippen molar-refractivity contribution in [1.82, 2.24) is 0 Å². The summed E-state index contributed by atoms with van der Waals surface area (Å²) in [6.07, 6.45) is 2.43. The highest BCUT2D eigenvalue weighted by molar-refractivity contribution is 7.95. The van der Waals surface area contributed by atoms with Gasteiger partial charge < -0.3 is 11.5 Å². The number of nitrogens with two attached hydrogens (primary N) is 2. The van der Waals surface area contributed by atoms with Gasteiger partial charge in [0.2, 0.25) is 0 Å². The fraction of sp³-hybridized carbons (Fsp3) is 0.444. The molecule has 252 valence electrons. The molecular weight excluding hydrogens is 690 g/mol. The summed E-state index contributed by atoms with van der Waals surface area (Å²) < 4.78 is 97.6. The number of rotatable bonds is 10. The number of aryl methyl sites for hydroxylation is 2. The van der Waals surface area contributed by atoms with Crippen molar-refractivity contribution in [2.75, 3.05) is 12.5 Å². The first-order valence-electron chi connectivity index (χ1n) is 13.3. The second-order valence-corrected chi connectivity index (χ2v) is 19.7. The molecule has 0 heterocycles. The van der Waals surface area contributed by atoms with Crippen LogP contribution >= 0.6 is 11.6 Å². The van der Waals surface area contributed by atoms with Gasteiger partial charge in [-0.1, -0.05) is 13.8 Å². The predicted octanol–water partition coefficient (Wildman–Crippen LogP) is 2.46. The Morgan fingerprint density at radius 2 is 1.00 bits per heavy atom. The SMILES string of the molecule is CCc1cc(S(=O)(=O)C(C)C)c(S(C)(=O)=O)cc1C(=O)Cl.CCc1cc(S(=O)(=O)C(C)C)c(S(C)(=O)=O)cc1C(=O)N=C(N)N. The van der Waals surface area contributed by atoms with E-state index in [0.717, 1.165) is 24.6 Å². The van der Waals surface area contributed by atoms with Gasteiger partial charge in [0.1, 0.15) is 0 Å². The fourth-order valence-electron chi connectivity index (χ4n) is 3.88. The molecule has 0 spiro atoms. The highest BCUT2D eigenvalue weighted by atomic mass is 35.5.